The maximum absolute atomic E-state index is 14.8. The third-order valence-electron chi connectivity index (χ3n) is 5.78. The maximum Gasteiger partial charge on any atom is 0.433 e. The fraction of sp³-hybridized carbons (Fsp3) is 0.450. The van der Waals surface area contributed by atoms with Gasteiger partial charge >= 0.3 is 6.18 Å². The number of halogens is 4. The summed E-state index contributed by atoms with van der Waals surface area (Å²) in [5.74, 6) is -2.00. The lowest BCUT2D eigenvalue weighted by atomic mass is 9.56. The predicted molar refractivity (Wildman–Crippen MR) is 95.1 cm³/mol. The highest BCUT2D eigenvalue weighted by Gasteiger charge is 2.57. The summed E-state index contributed by atoms with van der Waals surface area (Å²) in [6, 6.07) is 5.64. The minimum Gasteiger partial charge on any atom is -0.299 e. The van der Waals surface area contributed by atoms with E-state index in [1.165, 1.54) is 25.1 Å². The van der Waals surface area contributed by atoms with Crippen LogP contribution in [0.25, 0.3) is 0 Å². The third-order valence-corrected chi connectivity index (χ3v) is 5.78. The van der Waals surface area contributed by atoms with Crippen LogP contribution < -0.4 is 0 Å². The number of benzene rings is 1. The highest BCUT2D eigenvalue weighted by Crippen LogP contribution is 2.55. The SMILES string of the molecule is CC1(C)CC(=O)C2C(=Nc3n[nH]c(C(F)(F)F)c3C2(C)c2ccccc2F)C1. The largest absolute Gasteiger partial charge is 0.433 e. The van der Waals surface area contributed by atoms with Crippen molar-refractivity contribution in [3.63, 3.8) is 0 Å². The third kappa shape index (κ3) is 2.61. The number of hydrogen-bond donors (Lipinski definition) is 1. The number of nitrogens with one attached hydrogen (secondary N) is 1. The van der Waals surface area contributed by atoms with Crippen molar-refractivity contribution < 1.29 is 22.4 Å². The van der Waals surface area contributed by atoms with Crippen LogP contribution in [0.15, 0.2) is 29.3 Å². The molecular formula is C20H19F4N3O. The Morgan fingerprint density at radius 2 is 1.82 bits per heavy atom. The Bertz CT molecular complexity index is 1010. The molecule has 0 bridgehead atoms. The van der Waals surface area contributed by atoms with E-state index in [1.807, 2.05) is 18.9 Å². The number of Topliss-reactive ketones (excluding diaryl/α,β-unsaturated/α-hetero) is 1. The van der Waals surface area contributed by atoms with Crippen LogP contribution in [0.4, 0.5) is 23.4 Å². The minimum atomic E-state index is -4.74. The smallest absolute Gasteiger partial charge is 0.299 e. The molecule has 2 aliphatic rings. The van der Waals surface area contributed by atoms with Gasteiger partial charge in [0.05, 0.1) is 5.92 Å². The topological polar surface area (TPSA) is 58.1 Å². The molecule has 2 heterocycles. The summed E-state index contributed by atoms with van der Waals surface area (Å²) >= 11 is 0. The van der Waals surface area contributed by atoms with E-state index < -0.39 is 29.0 Å². The van der Waals surface area contributed by atoms with Gasteiger partial charge in [0.25, 0.3) is 0 Å². The van der Waals surface area contributed by atoms with E-state index in [9.17, 15) is 22.4 Å². The number of nitrogens with zero attached hydrogens (tertiary/aromatic N) is 2. The molecule has 0 radical (unpaired) electrons. The van der Waals surface area contributed by atoms with Crippen molar-refractivity contribution in [2.45, 2.75) is 45.2 Å². The standard InChI is InChI=1S/C20H19F4N3O/c1-18(2)8-12-14(13(28)9-18)19(3,10-6-4-5-7-11(10)21)15-16(20(22,23)24)26-27-17(15)25-12/h4-7,14H,8-9H2,1-3H3,(H,26,27). The summed E-state index contributed by atoms with van der Waals surface area (Å²) in [5, 5.41) is 5.80. The molecule has 1 aromatic heterocycles. The van der Waals surface area contributed by atoms with Gasteiger partial charge < -0.3 is 0 Å². The summed E-state index contributed by atoms with van der Waals surface area (Å²) in [5.41, 5.74) is -2.80. The molecule has 1 aliphatic carbocycles. The molecule has 0 amide bonds. The minimum absolute atomic E-state index is 0.0357. The van der Waals surface area contributed by atoms with Gasteiger partial charge in [-0.3, -0.25) is 9.89 Å². The van der Waals surface area contributed by atoms with Crippen LogP contribution in [0.2, 0.25) is 0 Å². The molecule has 2 aromatic rings. The molecule has 1 aromatic carbocycles. The molecule has 1 N–H and O–H groups in total. The quantitative estimate of drug-likeness (QED) is 0.696. The van der Waals surface area contributed by atoms with Crippen LogP contribution in [0.1, 0.15) is 50.4 Å². The normalized spacial score (nSPS) is 26.5. The van der Waals surface area contributed by atoms with Crippen LogP contribution in [0, 0.1) is 17.2 Å². The van der Waals surface area contributed by atoms with E-state index in [0.717, 1.165) is 0 Å². The van der Waals surface area contributed by atoms with Gasteiger partial charge in [0.1, 0.15) is 17.3 Å². The average molecular weight is 393 g/mol. The summed E-state index contributed by atoms with van der Waals surface area (Å²) in [6.07, 6.45) is -4.12. The molecule has 1 saturated carbocycles. The number of carbonyl (C=O) groups excluding carboxylic acids is 1. The van der Waals surface area contributed by atoms with Crippen molar-refractivity contribution in [2.75, 3.05) is 0 Å². The number of H-pyrrole nitrogens is 1. The second-order valence-electron chi connectivity index (χ2n) is 8.50. The van der Waals surface area contributed by atoms with Gasteiger partial charge in [-0.1, -0.05) is 39.0 Å². The van der Waals surface area contributed by atoms with E-state index >= 15 is 0 Å². The fourth-order valence-corrected chi connectivity index (χ4v) is 4.74. The van der Waals surface area contributed by atoms with Crippen molar-refractivity contribution in [1.29, 1.82) is 0 Å². The van der Waals surface area contributed by atoms with E-state index in [-0.39, 0.29) is 34.6 Å². The second kappa shape index (κ2) is 5.75. The van der Waals surface area contributed by atoms with Gasteiger partial charge in [-0.05, 0) is 23.5 Å². The molecular weight excluding hydrogens is 374 g/mol. The van der Waals surface area contributed by atoms with Crippen LogP contribution in [-0.2, 0) is 16.4 Å². The first-order valence-corrected chi connectivity index (χ1v) is 8.96. The molecule has 1 aliphatic heterocycles. The number of aromatic nitrogens is 2. The lowest BCUT2D eigenvalue weighted by Gasteiger charge is -2.46. The van der Waals surface area contributed by atoms with Crippen molar-refractivity contribution in [3.05, 3.63) is 46.9 Å². The van der Waals surface area contributed by atoms with Crippen LogP contribution in [-0.4, -0.2) is 21.7 Å². The van der Waals surface area contributed by atoms with Crippen molar-refractivity contribution in [2.24, 2.45) is 16.3 Å². The Kier molecular flexibility index (Phi) is 3.87. The zero-order valence-corrected chi connectivity index (χ0v) is 15.6. The van der Waals surface area contributed by atoms with E-state index in [1.54, 1.807) is 6.07 Å². The number of carbonyl (C=O) groups is 1. The summed E-state index contributed by atoms with van der Waals surface area (Å²) in [4.78, 5) is 17.5. The average Bonchev–Trinajstić information content (AvgIpc) is 2.98. The predicted octanol–water partition coefficient (Wildman–Crippen LogP) is 4.97. The molecule has 148 valence electrons. The van der Waals surface area contributed by atoms with Crippen molar-refractivity contribution >= 4 is 17.3 Å². The lowest BCUT2D eigenvalue weighted by molar-refractivity contribution is -0.142. The fourth-order valence-electron chi connectivity index (χ4n) is 4.74. The van der Waals surface area contributed by atoms with Crippen LogP contribution in [0.5, 0.6) is 0 Å². The lowest BCUT2D eigenvalue weighted by Crippen LogP contribution is -2.51. The molecule has 2 atom stereocenters. The van der Waals surface area contributed by atoms with Gasteiger partial charge in [-0.15, -0.1) is 0 Å². The molecule has 8 heteroatoms. The first-order valence-electron chi connectivity index (χ1n) is 8.96. The van der Waals surface area contributed by atoms with Crippen molar-refractivity contribution in [1.82, 2.24) is 10.2 Å². The van der Waals surface area contributed by atoms with Crippen LogP contribution in [0.3, 0.4) is 0 Å². The number of alkyl halides is 3. The van der Waals surface area contributed by atoms with Gasteiger partial charge in [0.2, 0.25) is 0 Å². The first kappa shape index (κ1) is 18.8. The zero-order valence-electron chi connectivity index (χ0n) is 15.6. The van der Waals surface area contributed by atoms with Gasteiger partial charge in [-0.25, -0.2) is 9.38 Å². The highest BCUT2D eigenvalue weighted by atomic mass is 19.4. The Morgan fingerprint density at radius 3 is 2.46 bits per heavy atom. The van der Waals surface area contributed by atoms with E-state index in [4.69, 9.17) is 0 Å². The monoisotopic (exact) mass is 393 g/mol. The summed E-state index contributed by atoms with van der Waals surface area (Å²) < 4.78 is 56.0. The summed E-state index contributed by atoms with van der Waals surface area (Å²) in [6.45, 7) is 5.31. The number of hydrogen-bond acceptors (Lipinski definition) is 3. The Balaban J connectivity index is 2.06. The van der Waals surface area contributed by atoms with Crippen LogP contribution >= 0.6 is 0 Å². The number of aliphatic imine (C=N–C) groups is 1. The highest BCUT2D eigenvalue weighted by molar-refractivity contribution is 6.11. The second-order valence-corrected chi connectivity index (χ2v) is 8.50. The molecule has 28 heavy (non-hydrogen) atoms. The Morgan fingerprint density at radius 1 is 1.14 bits per heavy atom. The molecule has 2 unspecified atom stereocenters. The van der Waals surface area contributed by atoms with Gasteiger partial charge in [0, 0.05) is 23.1 Å². The van der Waals surface area contributed by atoms with Gasteiger partial charge in [0.15, 0.2) is 5.82 Å². The first-order chi connectivity index (χ1) is 12.9. The molecule has 1 fully saturated rings. The Labute approximate surface area is 159 Å². The zero-order chi connectivity index (χ0) is 20.5. The molecule has 4 nitrogen and oxygen atoms in total. The van der Waals surface area contributed by atoms with E-state index in [2.05, 4.69) is 10.1 Å². The number of rotatable bonds is 1. The molecule has 4 rings (SSSR count). The van der Waals surface area contributed by atoms with Crippen molar-refractivity contribution in [3.8, 4) is 0 Å². The summed E-state index contributed by atoms with van der Waals surface area (Å²) in [7, 11) is 0. The molecule has 0 spiro atoms. The number of fused-ring (bicyclic) bond motifs is 2. The van der Waals surface area contributed by atoms with Gasteiger partial charge in [-0.2, -0.15) is 18.3 Å². The molecule has 0 saturated heterocycles. The number of ketones is 1. The maximum atomic E-state index is 14.8. The Hall–Kier alpha value is -2.51. The number of aromatic amines is 1. The van der Waals surface area contributed by atoms with E-state index in [0.29, 0.717) is 12.1 Å².